The smallest absolute Gasteiger partial charge is 0.134 e. The van der Waals surface area contributed by atoms with E-state index in [2.05, 4.69) is 10.3 Å². The molecule has 0 fully saturated rings. The quantitative estimate of drug-likeness (QED) is 0.632. The topological polar surface area (TPSA) is 45.2 Å². The van der Waals surface area contributed by atoms with Crippen LogP contribution in [0.2, 0.25) is 0 Å². The van der Waals surface area contributed by atoms with Crippen LogP contribution >= 0.6 is 12.4 Å². The van der Waals surface area contributed by atoms with Gasteiger partial charge in [-0.05, 0) is 11.6 Å². The zero-order valence-corrected chi connectivity index (χ0v) is 7.40. The molecule has 3 nitrogen and oxygen atoms in total. The summed E-state index contributed by atoms with van der Waals surface area (Å²) < 4.78 is 0. The van der Waals surface area contributed by atoms with Gasteiger partial charge in [0.05, 0.1) is 6.20 Å². The second-order valence-corrected chi connectivity index (χ2v) is 2.73. The summed E-state index contributed by atoms with van der Waals surface area (Å²) in [4.78, 5) is 4.13. The largest absolute Gasteiger partial charge is 0.506 e. The Bertz CT molecular complexity index is 278. The van der Waals surface area contributed by atoms with E-state index in [0.717, 1.165) is 30.8 Å². The summed E-state index contributed by atoms with van der Waals surface area (Å²) in [7, 11) is 0. The number of fused-ring (bicyclic) bond motifs is 1. The van der Waals surface area contributed by atoms with Crippen molar-refractivity contribution in [1.82, 2.24) is 10.3 Å². The molecule has 1 aliphatic heterocycles. The van der Waals surface area contributed by atoms with Gasteiger partial charge < -0.3 is 10.4 Å². The van der Waals surface area contributed by atoms with E-state index in [4.69, 9.17) is 5.11 Å². The first-order chi connectivity index (χ1) is 5.36. The van der Waals surface area contributed by atoms with Gasteiger partial charge in [-0.15, -0.1) is 12.4 Å². The highest BCUT2D eigenvalue weighted by molar-refractivity contribution is 5.85. The van der Waals surface area contributed by atoms with Crippen LogP contribution in [0.5, 0.6) is 5.75 Å². The van der Waals surface area contributed by atoms with E-state index >= 15 is 0 Å². The van der Waals surface area contributed by atoms with E-state index in [9.17, 15) is 0 Å². The molecule has 66 valence electrons. The minimum absolute atomic E-state index is 0. The first-order valence-electron chi connectivity index (χ1n) is 3.74. The van der Waals surface area contributed by atoms with Crippen molar-refractivity contribution in [3.8, 4) is 5.75 Å². The van der Waals surface area contributed by atoms with Gasteiger partial charge in [-0.25, -0.2) is 0 Å². The molecular weight excluding hydrogens is 176 g/mol. The monoisotopic (exact) mass is 186 g/mol. The number of pyridine rings is 1. The Morgan fingerprint density at radius 2 is 2.33 bits per heavy atom. The molecule has 0 amide bonds. The van der Waals surface area contributed by atoms with Crippen LogP contribution in [0.1, 0.15) is 11.3 Å². The van der Waals surface area contributed by atoms with Gasteiger partial charge in [0.2, 0.25) is 0 Å². The fourth-order valence-electron chi connectivity index (χ4n) is 1.33. The number of halogens is 1. The zero-order chi connectivity index (χ0) is 7.68. The highest BCUT2D eigenvalue weighted by Gasteiger charge is 2.09. The second kappa shape index (κ2) is 3.74. The van der Waals surface area contributed by atoms with Gasteiger partial charge in [0.1, 0.15) is 5.75 Å². The molecule has 2 heterocycles. The van der Waals surface area contributed by atoms with Crippen molar-refractivity contribution in [2.24, 2.45) is 0 Å². The number of rotatable bonds is 0. The van der Waals surface area contributed by atoms with Crippen molar-refractivity contribution in [3.63, 3.8) is 0 Å². The number of nitrogens with one attached hydrogen (secondary N) is 1. The summed E-state index contributed by atoms with van der Waals surface area (Å²) in [6, 6.07) is 1.77. The third-order valence-corrected chi connectivity index (χ3v) is 1.90. The Morgan fingerprint density at radius 1 is 1.50 bits per heavy atom. The molecule has 0 aliphatic carbocycles. The van der Waals surface area contributed by atoms with Crippen molar-refractivity contribution >= 4 is 12.4 Å². The van der Waals surface area contributed by atoms with Crippen LogP contribution < -0.4 is 5.32 Å². The molecule has 0 spiro atoms. The van der Waals surface area contributed by atoms with Gasteiger partial charge in [0.25, 0.3) is 0 Å². The van der Waals surface area contributed by atoms with Gasteiger partial charge in [-0.3, -0.25) is 4.98 Å². The van der Waals surface area contributed by atoms with Crippen molar-refractivity contribution in [2.75, 3.05) is 6.54 Å². The lowest BCUT2D eigenvalue weighted by molar-refractivity contribution is 0.468. The lowest BCUT2D eigenvalue weighted by Gasteiger charge is -2.15. The van der Waals surface area contributed by atoms with Crippen LogP contribution in [0, 0.1) is 0 Å². The fraction of sp³-hybridized carbons (Fsp3) is 0.375. The van der Waals surface area contributed by atoms with E-state index in [-0.39, 0.29) is 18.2 Å². The Kier molecular flexibility index (Phi) is 2.89. The van der Waals surface area contributed by atoms with Crippen molar-refractivity contribution in [1.29, 1.82) is 0 Å². The average Bonchev–Trinajstić information content (AvgIpc) is 2.04. The highest BCUT2D eigenvalue weighted by atomic mass is 35.5. The molecule has 4 heteroatoms. The molecule has 1 aromatic rings. The predicted molar refractivity (Wildman–Crippen MR) is 48.6 cm³/mol. The molecule has 2 N–H and O–H groups in total. The van der Waals surface area contributed by atoms with Crippen molar-refractivity contribution < 1.29 is 5.11 Å². The van der Waals surface area contributed by atoms with E-state index < -0.39 is 0 Å². The van der Waals surface area contributed by atoms with Crippen molar-refractivity contribution in [2.45, 2.75) is 13.0 Å². The van der Waals surface area contributed by atoms with E-state index in [1.807, 2.05) is 0 Å². The van der Waals surface area contributed by atoms with Crippen LogP contribution in [-0.2, 0) is 13.0 Å². The lowest BCUT2D eigenvalue weighted by Crippen LogP contribution is -2.24. The number of hydrogen-bond acceptors (Lipinski definition) is 3. The minimum Gasteiger partial charge on any atom is -0.506 e. The van der Waals surface area contributed by atoms with Crippen molar-refractivity contribution in [3.05, 3.63) is 23.5 Å². The summed E-state index contributed by atoms with van der Waals surface area (Å²) in [5, 5.41) is 12.3. The van der Waals surface area contributed by atoms with Gasteiger partial charge >= 0.3 is 0 Å². The maximum atomic E-state index is 9.10. The van der Waals surface area contributed by atoms with Gasteiger partial charge in [0.15, 0.2) is 0 Å². The molecule has 0 bridgehead atoms. The summed E-state index contributed by atoms with van der Waals surface area (Å²) in [5.41, 5.74) is 2.23. The number of nitrogens with zero attached hydrogens (tertiary/aromatic N) is 1. The number of hydrogen-bond donors (Lipinski definition) is 2. The first kappa shape index (κ1) is 9.29. The maximum absolute atomic E-state index is 9.10. The second-order valence-electron chi connectivity index (χ2n) is 2.73. The molecule has 0 radical (unpaired) electrons. The summed E-state index contributed by atoms with van der Waals surface area (Å²) in [5.74, 6) is 0.257. The molecule has 2 rings (SSSR count). The van der Waals surface area contributed by atoms with Crippen LogP contribution in [0.3, 0.4) is 0 Å². The van der Waals surface area contributed by atoms with Crippen LogP contribution in [0.15, 0.2) is 12.3 Å². The molecule has 0 atom stereocenters. The molecule has 1 aliphatic rings. The Morgan fingerprint density at radius 3 is 3.17 bits per heavy atom. The van der Waals surface area contributed by atoms with E-state index in [1.54, 1.807) is 6.07 Å². The first-order valence-corrected chi connectivity index (χ1v) is 3.74. The molecule has 0 aromatic carbocycles. The highest BCUT2D eigenvalue weighted by Crippen LogP contribution is 2.15. The van der Waals surface area contributed by atoms with Gasteiger partial charge in [0, 0.05) is 25.2 Å². The molecule has 0 saturated heterocycles. The number of aromatic nitrogens is 1. The van der Waals surface area contributed by atoms with E-state index in [0.29, 0.717) is 0 Å². The Labute approximate surface area is 77.2 Å². The molecule has 0 saturated carbocycles. The Hall–Kier alpha value is -0.800. The van der Waals surface area contributed by atoms with Crippen LogP contribution in [0.4, 0.5) is 0 Å². The number of aromatic hydroxyl groups is 1. The van der Waals surface area contributed by atoms with Gasteiger partial charge in [-0.1, -0.05) is 0 Å². The molecular formula is C8H11ClN2O. The zero-order valence-electron chi connectivity index (χ0n) is 6.58. The summed E-state index contributed by atoms with van der Waals surface area (Å²) >= 11 is 0. The molecule has 12 heavy (non-hydrogen) atoms. The summed E-state index contributed by atoms with van der Waals surface area (Å²) in [6.07, 6.45) is 2.47. The SMILES string of the molecule is Cl.Oc1cnc2c(c1)CNCC2. The molecule has 0 unspecified atom stereocenters. The molecule has 1 aromatic heterocycles. The standard InChI is InChI=1S/C8H10N2O.ClH/c11-7-3-6-4-9-2-1-8(6)10-5-7;/h3,5,9,11H,1-2,4H2;1H. The van der Waals surface area contributed by atoms with Crippen LogP contribution in [0.25, 0.3) is 0 Å². The average molecular weight is 187 g/mol. The lowest BCUT2D eigenvalue weighted by atomic mass is 10.1. The maximum Gasteiger partial charge on any atom is 0.134 e. The third kappa shape index (κ3) is 1.68. The predicted octanol–water partition coefficient (Wildman–Crippen LogP) is 0.855. The summed E-state index contributed by atoms with van der Waals surface area (Å²) in [6.45, 7) is 1.82. The third-order valence-electron chi connectivity index (χ3n) is 1.90. The Balaban J connectivity index is 0.000000720. The normalized spacial score (nSPS) is 14.7. The van der Waals surface area contributed by atoms with E-state index in [1.165, 1.54) is 6.20 Å². The minimum atomic E-state index is 0. The van der Waals surface area contributed by atoms with Gasteiger partial charge in [-0.2, -0.15) is 0 Å². The fourth-order valence-corrected chi connectivity index (χ4v) is 1.33. The van der Waals surface area contributed by atoms with Crippen LogP contribution in [-0.4, -0.2) is 16.6 Å².